The van der Waals surface area contributed by atoms with Gasteiger partial charge in [-0.1, -0.05) is 23.7 Å². The molecule has 1 aliphatic heterocycles. The summed E-state index contributed by atoms with van der Waals surface area (Å²) in [4.78, 5) is 39.3. The molecular weight excluding hydrogens is 541 g/mol. The van der Waals surface area contributed by atoms with Crippen LogP contribution in [0, 0.1) is 24.3 Å². The Morgan fingerprint density at radius 3 is 2.44 bits per heavy atom. The molecule has 1 fully saturated rings. The van der Waals surface area contributed by atoms with Gasteiger partial charge in [0, 0.05) is 25.7 Å². The van der Waals surface area contributed by atoms with Crippen molar-refractivity contribution >= 4 is 63.8 Å². The van der Waals surface area contributed by atoms with Crippen molar-refractivity contribution in [1.82, 2.24) is 9.88 Å². The third-order valence-corrected chi connectivity index (χ3v) is 6.50. The van der Waals surface area contributed by atoms with Gasteiger partial charge in [0.2, 0.25) is 0 Å². The number of carbonyl (C=O) groups is 3. The quantitative estimate of drug-likeness (QED) is 0.268. The van der Waals surface area contributed by atoms with Gasteiger partial charge in [0.25, 0.3) is 11.8 Å². The first-order valence-electron chi connectivity index (χ1n) is 9.80. The summed E-state index contributed by atoms with van der Waals surface area (Å²) in [7, 11) is 0. The van der Waals surface area contributed by atoms with E-state index < -0.39 is 17.8 Å². The molecule has 0 saturated carbocycles. The number of hydrogen-bond donors (Lipinski definition) is 1. The van der Waals surface area contributed by atoms with Gasteiger partial charge >= 0.3 is 6.03 Å². The van der Waals surface area contributed by atoms with E-state index in [4.69, 9.17) is 11.6 Å². The fraction of sp³-hybridized carbons (Fsp3) is 0.125. The average Bonchev–Trinajstić information content (AvgIpc) is 3.01. The number of rotatable bonds is 3. The molecule has 3 aromatic rings. The van der Waals surface area contributed by atoms with Gasteiger partial charge in [0.1, 0.15) is 5.57 Å². The number of amides is 4. The van der Waals surface area contributed by atoms with Gasteiger partial charge in [-0.05, 0) is 97.0 Å². The summed E-state index contributed by atoms with van der Waals surface area (Å²) in [6.07, 6.45) is 1.53. The van der Waals surface area contributed by atoms with Crippen molar-refractivity contribution < 1.29 is 14.4 Å². The molecule has 6 nitrogen and oxygen atoms in total. The first kappa shape index (κ1) is 22.3. The van der Waals surface area contributed by atoms with Crippen LogP contribution in [0.3, 0.4) is 0 Å². The number of nitrogens with zero attached hydrogens (tertiary/aromatic N) is 2. The molecule has 0 radical (unpaired) electrons. The molecule has 0 bridgehead atoms. The van der Waals surface area contributed by atoms with E-state index in [0.717, 1.165) is 31.1 Å². The van der Waals surface area contributed by atoms with E-state index in [-0.39, 0.29) is 5.57 Å². The van der Waals surface area contributed by atoms with Gasteiger partial charge in [0.15, 0.2) is 0 Å². The molecule has 1 saturated heterocycles. The van der Waals surface area contributed by atoms with Crippen LogP contribution in [0.15, 0.2) is 54.1 Å². The standard InChI is InChI=1S/C24H19ClIN3O3/c1-13-10-16(15(3)28(13)18-7-4-6-17(26)12-18)11-19-22(30)27-24(32)29(23(19)31)21-9-5-8-20(25)14(21)2/h4-12H,1-3H3,(H,27,30,32)/b19-11+. The van der Waals surface area contributed by atoms with E-state index in [1.54, 1.807) is 25.1 Å². The van der Waals surface area contributed by atoms with Crippen LogP contribution in [0.4, 0.5) is 10.5 Å². The number of aromatic nitrogens is 1. The zero-order valence-electron chi connectivity index (χ0n) is 17.6. The highest BCUT2D eigenvalue weighted by atomic mass is 127. The van der Waals surface area contributed by atoms with Gasteiger partial charge < -0.3 is 4.57 Å². The van der Waals surface area contributed by atoms with Crippen molar-refractivity contribution in [2.45, 2.75) is 20.8 Å². The molecule has 0 spiro atoms. The molecule has 4 amide bonds. The van der Waals surface area contributed by atoms with Crippen molar-refractivity contribution in [3.8, 4) is 5.69 Å². The predicted molar refractivity (Wildman–Crippen MR) is 133 cm³/mol. The fourth-order valence-electron chi connectivity index (χ4n) is 3.82. The van der Waals surface area contributed by atoms with Crippen LogP contribution in [0.5, 0.6) is 0 Å². The smallest absolute Gasteiger partial charge is 0.318 e. The van der Waals surface area contributed by atoms with Gasteiger partial charge in [0.05, 0.1) is 5.69 Å². The predicted octanol–water partition coefficient (Wildman–Crippen LogP) is 5.33. The van der Waals surface area contributed by atoms with Crippen molar-refractivity contribution in [1.29, 1.82) is 0 Å². The number of barbiturate groups is 1. The highest BCUT2D eigenvalue weighted by molar-refractivity contribution is 14.1. The molecule has 32 heavy (non-hydrogen) atoms. The summed E-state index contributed by atoms with van der Waals surface area (Å²) in [6, 6.07) is 14.1. The second kappa shape index (κ2) is 8.55. The van der Waals surface area contributed by atoms with Crippen LogP contribution in [-0.2, 0) is 9.59 Å². The second-order valence-electron chi connectivity index (χ2n) is 7.48. The number of carbonyl (C=O) groups excluding carboxylic acids is 3. The maximum atomic E-state index is 13.3. The van der Waals surface area contributed by atoms with Crippen LogP contribution in [0.25, 0.3) is 11.8 Å². The Labute approximate surface area is 204 Å². The summed E-state index contributed by atoms with van der Waals surface area (Å²) in [5.74, 6) is -1.42. The van der Waals surface area contributed by atoms with E-state index in [9.17, 15) is 14.4 Å². The summed E-state index contributed by atoms with van der Waals surface area (Å²) in [5, 5.41) is 2.69. The minimum absolute atomic E-state index is 0.119. The van der Waals surface area contributed by atoms with Crippen LogP contribution in [0.2, 0.25) is 5.02 Å². The Kier molecular flexibility index (Phi) is 5.96. The van der Waals surface area contributed by atoms with Crippen molar-refractivity contribution in [3.63, 3.8) is 0 Å². The highest BCUT2D eigenvalue weighted by Gasteiger charge is 2.37. The van der Waals surface area contributed by atoms with Crippen molar-refractivity contribution in [2.24, 2.45) is 0 Å². The molecule has 4 rings (SSSR count). The lowest BCUT2D eigenvalue weighted by molar-refractivity contribution is -0.122. The van der Waals surface area contributed by atoms with Gasteiger partial charge in [-0.3, -0.25) is 14.9 Å². The topological polar surface area (TPSA) is 71.4 Å². The number of aryl methyl sites for hydroxylation is 1. The van der Waals surface area contributed by atoms with E-state index in [1.165, 1.54) is 6.08 Å². The van der Waals surface area contributed by atoms with Crippen LogP contribution in [-0.4, -0.2) is 22.4 Å². The highest BCUT2D eigenvalue weighted by Crippen LogP contribution is 2.30. The number of urea groups is 1. The lowest BCUT2D eigenvalue weighted by Crippen LogP contribution is -2.54. The molecule has 1 aromatic heterocycles. The Morgan fingerprint density at radius 1 is 1.00 bits per heavy atom. The summed E-state index contributed by atoms with van der Waals surface area (Å²) >= 11 is 8.44. The van der Waals surface area contributed by atoms with Gasteiger partial charge in [-0.25, -0.2) is 9.69 Å². The van der Waals surface area contributed by atoms with E-state index in [2.05, 4.69) is 38.5 Å². The van der Waals surface area contributed by atoms with Gasteiger partial charge in [-0.15, -0.1) is 0 Å². The zero-order chi connectivity index (χ0) is 23.2. The Hall–Kier alpha value is -2.91. The number of hydrogen-bond acceptors (Lipinski definition) is 3. The molecule has 0 atom stereocenters. The second-order valence-corrected chi connectivity index (χ2v) is 9.14. The lowest BCUT2D eigenvalue weighted by atomic mass is 10.1. The number of benzene rings is 2. The maximum Gasteiger partial charge on any atom is 0.335 e. The number of imide groups is 2. The normalized spacial score (nSPS) is 15.5. The molecular formula is C24H19ClIN3O3. The first-order chi connectivity index (χ1) is 15.2. The number of halogens is 2. The molecule has 8 heteroatoms. The number of anilines is 1. The third-order valence-electron chi connectivity index (χ3n) is 5.42. The minimum Gasteiger partial charge on any atom is -0.318 e. The first-order valence-corrected chi connectivity index (χ1v) is 11.3. The van der Waals surface area contributed by atoms with Crippen molar-refractivity contribution in [3.05, 3.63) is 85.2 Å². The number of nitrogens with one attached hydrogen (secondary N) is 1. The summed E-state index contributed by atoms with van der Waals surface area (Å²) < 4.78 is 3.16. The Balaban J connectivity index is 1.79. The molecule has 0 aliphatic carbocycles. The minimum atomic E-state index is -0.799. The Morgan fingerprint density at radius 2 is 1.72 bits per heavy atom. The molecule has 2 heterocycles. The van der Waals surface area contributed by atoms with Crippen molar-refractivity contribution in [2.75, 3.05) is 4.90 Å². The average molecular weight is 560 g/mol. The van der Waals surface area contributed by atoms with E-state index in [1.807, 2.05) is 38.1 Å². The van der Waals surface area contributed by atoms with E-state index >= 15 is 0 Å². The molecule has 1 aliphatic rings. The largest absolute Gasteiger partial charge is 0.335 e. The van der Waals surface area contributed by atoms with E-state index in [0.29, 0.717) is 16.3 Å². The van der Waals surface area contributed by atoms with Gasteiger partial charge in [-0.2, -0.15) is 0 Å². The molecule has 162 valence electrons. The summed E-state index contributed by atoms with van der Waals surface area (Å²) in [5.41, 5.74) is 4.33. The lowest BCUT2D eigenvalue weighted by Gasteiger charge is -2.27. The molecule has 2 aromatic carbocycles. The molecule has 1 N–H and O–H groups in total. The van der Waals surface area contributed by atoms with Crippen LogP contribution >= 0.6 is 34.2 Å². The Bertz CT molecular complexity index is 1330. The molecule has 0 unspecified atom stereocenters. The van der Waals surface area contributed by atoms with Crippen LogP contribution < -0.4 is 10.2 Å². The maximum absolute atomic E-state index is 13.3. The summed E-state index contributed by atoms with van der Waals surface area (Å²) in [6.45, 7) is 5.60. The fourth-order valence-corrected chi connectivity index (χ4v) is 4.51. The van der Waals surface area contributed by atoms with Crippen LogP contribution in [0.1, 0.15) is 22.5 Å². The zero-order valence-corrected chi connectivity index (χ0v) is 20.5. The SMILES string of the molecule is Cc1c(Cl)cccc1N1C(=O)NC(=O)/C(=C\c2cc(C)n(-c3cccc(I)c3)c2C)C1=O. The monoisotopic (exact) mass is 559 g/mol. The third kappa shape index (κ3) is 3.86.